The predicted molar refractivity (Wildman–Crippen MR) is 77.3 cm³/mol. The van der Waals surface area contributed by atoms with E-state index in [1.54, 1.807) is 13.8 Å². The molecule has 112 valence electrons. The number of nitrogens with one attached hydrogen (secondary N) is 1. The summed E-state index contributed by atoms with van der Waals surface area (Å²) in [5.74, 6) is -0.370. The molecule has 0 radical (unpaired) electrons. The van der Waals surface area contributed by atoms with Gasteiger partial charge < -0.3 is 9.15 Å². The molecule has 8 heteroatoms. The van der Waals surface area contributed by atoms with Crippen LogP contribution in [0.4, 0.5) is 11.0 Å². The topological polar surface area (TPSA) is 94.3 Å². The van der Waals surface area contributed by atoms with Gasteiger partial charge in [-0.25, -0.2) is 4.79 Å². The number of aryl methyl sites for hydroxylation is 2. The quantitative estimate of drug-likeness (QED) is 0.670. The molecule has 0 unspecified atom stereocenters. The van der Waals surface area contributed by atoms with Gasteiger partial charge in [-0.1, -0.05) is 11.3 Å². The third-order valence-corrected chi connectivity index (χ3v) is 3.42. The van der Waals surface area contributed by atoms with Gasteiger partial charge in [0.15, 0.2) is 5.78 Å². The highest BCUT2D eigenvalue weighted by Crippen LogP contribution is 2.31. The van der Waals surface area contributed by atoms with Crippen LogP contribution in [0.5, 0.6) is 0 Å². The molecule has 21 heavy (non-hydrogen) atoms. The zero-order valence-electron chi connectivity index (χ0n) is 12.1. The molecular formula is C13H15N3O4S. The minimum absolute atomic E-state index is 0.0923. The van der Waals surface area contributed by atoms with E-state index in [0.29, 0.717) is 10.9 Å². The first-order valence-electron chi connectivity index (χ1n) is 6.32. The van der Waals surface area contributed by atoms with Crippen LogP contribution in [0, 0.1) is 13.8 Å². The second-order valence-electron chi connectivity index (χ2n) is 4.27. The molecule has 2 aromatic heterocycles. The molecule has 0 aliphatic rings. The summed E-state index contributed by atoms with van der Waals surface area (Å²) in [5, 5.41) is 11.9. The first-order valence-corrected chi connectivity index (χ1v) is 7.14. The summed E-state index contributed by atoms with van der Waals surface area (Å²) in [6.45, 7) is 6.70. The van der Waals surface area contributed by atoms with Gasteiger partial charge in [-0.2, -0.15) is 0 Å². The van der Waals surface area contributed by atoms with Crippen molar-refractivity contribution in [3.63, 3.8) is 0 Å². The number of carbonyl (C=O) groups excluding carboxylic acids is 2. The standard InChI is InChI=1S/C13H15N3O4S/c1-5-19-12(18)10-9(6(2)17)7(3)20-11(10)14-13-16-15-8(4)21-13/h5H2,1-4H3,(H,14,16). The van der Waals surface area contributed by atoms with Gasteiger partial charge in [0.25, 0.3) is 0 Å². The maximum absolute atomic E-state index is 12.1. The van der Waals surface area contributed by atoms with Crippen molar-refractivity contribution in [1.29, 1.82) is 0 Å². The number of carbonyl (C=O) groups is 2. The van der Waals surface area contributed by atoms with Gasteiger partial charge in [0.2, 0.25) is 11.0 Å². The van der Waals surface area contributed by atoms with Crippen molar-refractivity contribution < 1.29 is 18.7 Å². The molecule has 2 heterocycles. The van der Waals surface area contributed by atoms with E-state index in [0.717, 1.165) is 5.01 Å². The summed E-state index contributed by atoms with van der Waals surface area (Å²) in [4.78, 5) is 23.8. The molecule has 2 rings (SSSR count). The Hall–Kier alpha value is -2.22. The van der Waals surface area contributed by atoms with Gasteiger partial charge in [0, 0.05) is 0 Å². The maximum Gasteiger partial charge on any atom is 0.344 e. The molecule has 0 atom stereocenters. The third kappa shape index (κ3) is 3.10. The highest BCUT2D eigenvalue weighted by atomic mass is 32.1. The summed E-state index contributed by atoms with van der Waals surface area (Å²) in [6, 6.07) is 0. The van der Waals surface area contributed by atoms with E-state index in [4.69, 9.17) is 9.15 Å². The Morgan fingerprint density at radius 2 is 2.00 bits per heavy atom. The zero-order valence-corrected chi connectivity index (χ0v) is 13.0. The number of ether oxygens (including phenoxy) is 1. The average Bonchev–Trinajstić information content (AvgIpc) is 2.93. The molecule has 0 saturated heterocycles. The van der Waals surface area contributed by atoms with E-state index in [2.05, 4.69) is 15.5 Å². The Kier molecular flexibility index (Phi) is 4.37. The third-order valence-electron chi connectivity index (χ3n) is 2.66. The number of rotatable bonds is 5. The summed E-state index contributed by atoms with van der Waals surface area (Å²) in [7, 11) is 0. The lowest BCUT2D eigenvalue weighted by Gasteiger charge is -2.04. The summed E-state index contributed by atoms with van der Waals surface area (Å²) >= 11 is 1.31. The number of anilines is 2. The number of Topliss-reactive ketones (excluding diaryl/α,β-unsaturated/α-hetero) is 1. The molecule has 0 saturated carbocycles. The largest absolute Gasteiger partial charge is 0.462 e. The second-order valence-corrected chi connectivity index (χ2v) is 5.45. The van der Waals surface area contributed by atoms with E-state index in [9.17, 15) is 9.59 Å². The molecule has 0 aromatic carbocycles. The fraction of sp³-hybridized carbons (Fsp3) is 0.385. The van der Waals surface area contributed by atoms with Crippen LogP contribution in [0.25, 0.3) is 0 Å². The molecule has 2 aromatic rings. The van der Waals surface area contributed by atoms with Crippen LogP contribution >= 0.6 is 11.3 Å². The molecule has 0 bridgehead atoms. The van der Waals surface area contributed by atoms with Crippen LogP contribution < -0.4 is 5.32 Å². The smallest absolute Gasteiger partial charge is 0.344 e. The highest BCUT2D eigenvalue weighted by Gasteiger charge is 2.28. The van der Waals surface area contributed by atoms with Gasteiger partial charge in [0.05, 0.1) is 12.2 Å². The van der Waals surface area contributed by atoms with Crippen LogP contribution in [0.1, 0.15) is 45.3 Å². The van der Waals surface area contributed by atoms with Gasteiger partial charge in [0.1, 0.15) is 16.3 Å². The van der Waals surface area contributed by atoms with Crippen LogP contribution in [0.15, 0.2) is 4.42 Å². The Morgan fingerprint density at radius 1 is 1.29 bits per heavy atom. The molecule has 0 amide bonds. The summed E-state index contributed by atoms with van der Waals surface area (Å²) < 4.78 is 10.5. The summed E-state index contributed by atoms with van der Waals surface area (Å²) in [6.07, 6.45) is 0. The molecular weight excluding hydrogens is 294 g/mol. The van der Waals surface area contributed by atoms with Crippen molar-refractivity contribution in [2.24, 2.45) is 0 Å². The Bertz CT molecular complexity index is 690. The number of nitrogens with zero attached hydrogens (tertiary/aromatic N) is 2. The molecule has 0 aliphatic heterocycles. The van der Waals surface area contributed by atoms with Gasteiger partial charge in [-0.3, -0.25) is 10.1 Å². The molecule has 0 aliphatic carbocycles. The van der Waals surface area contributed by atoms with Crippen LogP contribution in [0.2, 0.25) is 0 Å². The molecule has 0 spiro atoms. The Morgan fingerprint density at radius 3 is 2.52 bits per heavy atom. The molecule has 0 fully saturated rings. The van der Waals surface area contributed by atoms with Crippen molar-refractivity contribution in [3.8, 4) is 0 Å². The Balaban J connectivity index is 2.47. The van der Waals surface area contributed by atoms with E-state index in [1.165, 1.54) is 18.3 Å². The van der Waals surface area contributed by atoms with E-state index in [-0.39, 0.29) is 29.4 Å². The van der Waals surface area contributed by atoms with Gasteiger partial charge in [-0.05, 0) is 27.7 Å². The Labute approximate surface area is 125 Å². The fourth-order valence-corrected chi connectivity index (χ4v) is 2.49. The van der Waals surface area contributed by atoms with Gasteiger partial charge >= 0.3 is 5.97 Å². The first-order chi connectivity index (χ1) is 9.93. The van der Waals surface area contributed by atoms with E-state index >= 15 is 0 Å². The second kappa shape index (κ2) is 6.04. The number of furan rings is 1. The van der Waals surface area contributed by atoms with Crippen molar-refractivity contribution in [2.75, 3.05) is 11.9 Å². The normalized spacial score (nSPS) is 10.5. The minimum Gasteiger partial charge on any atom is -0.462 e. The van der Waals surface area contributed by atoms with Crippen molar-refractivity contribution in [1.82, 2.24) is 10.2 Å². The van der Waals surface area contributed by atoms with Crippen LogP contribution in [-0.2, 0) is 4.74 Å². The monoisotopic (exact) mass is 309 g/mol. The molecule has 1 N–H and O–H groups in total. The number of hydrogen-bond donors (Lipinski definition) is 1. The maximum atomic E-state index is 12.1. The summed E-state index contributed by atoms with van der Waals surface area (Å²) in [5.41, 5.74) is 0.312. The predicted octanol–water partition coefficient (Wildman–Crippen LogP) is 2.87. The van der Waals surface area contributed by atoms with Crippen molar-refractivity contribution in [2.45, 2.75) is 27.7 Å². The van der Waals surface area contributed by atoms with E-state index in [1.807, 2.05) is 6.92 Å². The minimum atomic E-state index is -0.608. The average molecular weight is 309 g/mol. The number of hydrogen-bond acceptors (Lipinski definition) is 8. The fourth-order valence-electron chi connectivity index (χ4n) is 1.90. The van der Waals surface area contributed by atoms with Gasteiger partial charge in [-0.15, -0.1) is 10.2 Å². The van der Waals surface area contributed by atoms with Crippen molar-refractivity contribution in [3.05, 3.63) is 21.9 Å². The highest BCUT2D eigenvalue weighted by molar-refractivity contribution is 7.15. The first kappa shape index (κ1) is 15.2. The molecule has 7 nitrogen and oxygen atoms in total. The lowest BCUT2D eigenvalue weighted by Crippen LogP contribution is -2.11. The SMILES string of the molecule is CCOC(=O)c1c(Nc2nnc(C)s2)oc(C)c1C(C)=O. The van der Waals surface area contributed by atoms with Crippen LogP contribution in [-0.4, -0.2) is 28.6 Å². The van der Waals surface area contributed by atoms with Crippen LogP contribution in [0.3, 0.4) is 0 Å². The number of esters is 1. The van der Waals surface area contributed by atoms with E-state index < -0.39 is 5.97 Å². The number of aromatic nitrogens is 2. The lowest BCUT2D eigenvalue weighted by molar-refractivity contribution is 0.0524. The lowest BCUT2D eigenvalue weighted by atomic mass is 10.1. The van der Waals surface area contributed by atoms with Crippen molar-refractivity contribution >= 4 is 34.1 Å². The number of ketones is 1. The zero-order chi connectivity index (χ0) is 15.6.